The van der Waals surface area contributed by atoms with E-state index < -0.39 is 0 Å². The van der Waals surface area contributed by atoms with E-state index in [1.165, 1.54) is 11.3 Å². The molecule has 1 aliphatic carbocycles. The number of aromatic nitrogens is 1. The van der Waals surface area contributed by atoms with Gasteiger partial charge in [0.15, 0.2) is 11.5 Å². The lowest BCUT2D eigenvalue weighted by Gasteiger charge is -2.16. The minimum absolute atomic E-state index is 0.695. The van der Waals surface area contributed by atoms with Gasteiger partial charge in [-0.25, -0.2) is 0 Å². The Morgan fingerprint density at radius 1 is 1.00 bits per heavy atom. The number of nitrogens with zero attached hydrogens (tertiary/aromatic N) is 1. The highest BCUT2D eigenvalue weighted by Gasteiger charge is 2.20. The fourth-order valence-corrected chi connectivity index (χ4v) is 3.61. The lowest BCUT2D eigenvalue weighted by atomic mass is 10.1. The van der Waals surface area contributed by atoms with Crippen molar-refractivity contribution in [3.8, 4) is 11.5 Å². The summed E-state index contributed by atoms with van der Waals surface area (Å²) in [7, 11) is 3.27. The molecule has 2 aromatic carbocycles. The van der Waals surface area contributed by atoms with Gasteiger partial charge in [0.1, 0.15) is 0 Å². The third-order valence-corrected chi connectivity index (χ3v) is 4.86. The van der Waals surface area contributed by atoms with Crippen LogP contribution in [0, 0.1) is 0 Å². The smallest absolute Gasteiger partial charge is 0.162 e. The predicted molar refractivity (Wildman–Crippen MR) is 102 cm³/mol. The molecule has 25 heavy (non-hydrogen) atoms. The fraction of sp³-hybridized carbons (Fsp3) is 0.250. The van der Waals surface area contributed by atoms with Crippen LogP contribution in [0.25, 0.3) is 10.9 Å². The predicted octanol–water partition coefficient (Wildman–Crippen LogP) is 5.14. The second-order valence-electron chi connectivity index (χ2n) is 6.12. The number of benzene rings is 2. The normalized spacial score (nSPS) is 12.9. The van der Waals surface area contributed by atoms with Gasteiger partial charge in [0.2, 0.25) is 0 Å². The first-order chi connectivity index (χ1) is 12.2. The SMILES string of the molecule is COc1ccc(Nc2c3c(nc4ccc(Cl)cc24)CCC3)cc1OC. The van der Waals surface area contributed by atoms with E-state index in [2.05, 4.69) is 5.32 Å². The van der Waals surface area contributed by atoms with Crippen LogP contribution in [0.2, 0.25) is 5.02 Å². The van der Waals surface area contributed by atoms with Crippen molar-refractivity contribution < 1.29 is 9.47 Å². The van der Waals surface area contributed by atoms with Crippen LogP contribution in [-0.4, -0.2) is 19.2 Å². The van der Waals surface area contributed by atoms with Crippen LogP contribution >= 0.6 is 11.6 Å². The number of pyridine rings is 1. The van der Waals surface area contributed by atoms with Crippen LogP contribution in [0.4, 0.5) is 11.4 Å². The molecule has 0 bridgehead atoms. The Bertz CT molecular complexity index is 956. The summed E-state index contributed by atoms with van der Waals surface area (Å²) in [5.41, 5.74) is 5.46. The first-order valence-electron chi connectivity index (χ1n) is 8.29. The van der Waals surface area contributed by atoms with Crippen molar-refractivity contribution in [1.29, 1.82) is 0 Å². The fourth-order valence-electron chi connectivity index (χ4n) is 3.44. The topological polar surface area (TPSA) is 43.4 Å². The molecule has 0 saturated carbocycles. The standard InChI is InChI=1S/C20H19ClN2O2/c1-24-18-9-7-13(11-19(18)25-2)22-20-14-4-3-5-16(14)23-17-8-6-12(21)10-15(17)20/h6-11H,3-5H2,1-2H3,(H,22,23). The van der Waals surface area contributed by atoms with Gasteiger partial charge < -0.3 is 14.8 Å². The summed E-state index contributed by atoms with van der Waals surface area (Å²) in [6, 6.07) is 11.7. The Labute approximate surface area is 151 Å². The Hall–Kier alpha value is -2.46. The molecule has 0 radical (unpaired) electrons. The highest BCUT2D eigenvalue weighted by molar-refractivity contribution is 6.31. The van der Waals surface area contributed by atoms with E-state index in [0.29, 0.717) is 16.5 Å². The summed E-state index contributed by atoms with van der Waals surface area (Å²) >= 11 is 6.24. The van der Waals surface area contributed by atoms with Gasteiger partial charge in [0.05, 0.1) is 25.4 Å². The quantitative estimate of drug-likeness (QED) is 0.704. The number of aryl methyl sites for hydroxylation is 1. The molecule has 1 heterocycles. The molecule has 0 aliphatic heterocycles. The molecule has 1 N–H and O–H groups in total. The zero-order chi connectivity index (χ0) is 17.4. The summed E-state index contributed by atoms with van der Waals surface area (Å²) in [6.45, 7) is 0. The van der Waals surface area contributed by atoms with E-state index in [1.54, 1.807) is 14.2 Å². The largest absolute Gasteiger partial charge is 0.493 e. The molecule has 0 atom stereocenters. The van der Waals surface area contributed by atoms with Crippen LogP contribution in [0.5, 0.6) is 11.5 Å². The first-order valence-corrected chi connectivity index (χ1v) is 8.67. The molecule has 4 rings (SSSR count). The maximum atomic E-state index is 6.24. The van der Waals surface area contributed by atoms with Gasteiger partial charge in [0, 0.05) is 27.9 Å². The Morgan fingerprint density at radius 2 is 1.84 bits per heavy atom. The Balaban J connectivity index is 1.85. The zero-order valence-corrected chi connectivity index (χ0v) is 15.0. The van der Waals surface area contributed by atoms with Gasteiger partial charge in [-0.15, -0.1) is 0 Å². The number of anilines is 2. The van der Waals surface area contributed by atoms with Gasteiger partial charge in [-0.1, -0.05) is 11.6 Å². The molecule has 128 valence electrons. The molecule has 1 aromatic heterocycles. The second kappa shape index (κ2) is 6.45. The first kappa shape index (κ1) is 16.0. The number of halogens is 1. The molecule has 0 fully saturated rings. The molecule has 0 amide bonds. The van der Waals surface area contributed by atoms with Gasteiger partial charge in [-0.05, 0) is 55.2 Å². The summed E-state index contributed by atoms with van der Waals surface area (Å²) < 4.78 is 10.7. The van der Waals surface area contributed by atoms with Gasteiger partial charge in [-0.3, -0.25) is 4.98 Å². The molecule has 0 spiro atoms. The summed E-state index contributed by atoms with van der Waals surface area (Å²) in [4.78, 5) is 4.82. The van der Waals surface area contributed by atoms with Crippen molar-refractivity contribution in [3.63, 3.8) is 0 Å². The number of ether oxygens (including phenoxy) is 2. The number of rotatable bonds is 4. The van der Waals surface area contributed by atoms with Gasteiger partial charge in [-0.2, -0.15) is 0 Å². The van der Waals surface area contributed by atoms with E-state index in [4.69, 9.17) is 26.1 Å². The lowest BCUT2D eigenvalue weighted by Crippen LogP contribution is -2.00. The third-order valence-electron chi connectivity index (χ3n) is 4.63. The van der Waals surface area contributed by atoms with Crippen molar-refractivity contribution in [3.05, 3.63) is 52.7 Å². The number of fused-ring (bicyclic) bond motifs is 2. The average molecular weight is 355 g/mol. The molecule has 5 heteroatoms. The van der Waals surface area contributed by atoms with Crippen molar-refractivity contribution in [2.24, 2.45) is 0 Å². The molecule has 0 saturated heterocycles. The minimum Gasteiger partial charge on any atom is -0.493 e. The Kier molecular flexibility index (Phi) is 4.14. The highest BCUT2D eigenvalue weighted by atomic mass is 35.5. The van der Waals surface area contributed by atoms with E-state index >= 15 is 0 Å². The number of methoxy groups -OCH3 is 2. The van der Waals surface area contributed by atoms with Crippen molar-refractivity contribution in [2.75, 3.05) is 19.5 Å². The van der Waals surface area contributed by atoms with E-state index in [1.807, 2.05) is 36.4 Å². The van der Waals surface area contributed by atoms with Gasteiger partial charge in [0.25, 0.3) is 0 Å². The maximum absolute atomic E-state index is 6.24. The van der Waals surface area contributed by atoms with Crippen molar-refractivity contribution in [2.45, 2.75) is 19.3 Å². The Morgan fingerprint density at radius 3 is 2.64 bits per heavy atom. The van der Waals surface area contributed by atoms with Crippen LogP contribution < -0.4 is 14.8 Å². The highest BCUT2D eigenvalue weighted by Crippen LogP contribution is 2.38. The molecular weight excluding hydrogens is 336 g/mol. The van der Waals surface area contributed by atoms with Crippen molar-refractivity contribution >= 4 is 33.9 Å². The zero-order valence-electron chi connectivity index (χ0n) is 14.2. The summed E-state index contributed by atoms with van der Waals surface area (Å²) in [6.07, 6.45) is 3.18. The molecule has 4 nitrogen and oxygen atoms in total. The minimum atomic E-state index is 0.695. The third kappa shape index (κ3) is 2.87. The van der Waals surface area contributed by atoms with Crippen LogP contribution in [0.15, 0.2) is 36.4 Å². The van der Waals surface area contributed by atoms with E-state index in [9.17, 15) is 0 Å². The number of nitrogens with one attached hydrogen (secondary N) is 1. The van der Waals surface area contributed by atoms with Crippen LogP contribution in [0.3, 0.4) is 0 Å². The van der Waals surface area contributed by atoms with Crippen molar-refractivity contribution in [1.82, 2.24) is 4.98 Å². The monoisotopic (exact) mass is 354 g/mol. The molecule has 1 aliphatic rings. The maximum Gasteiger partial charge on any atom is 0.162 e. The van der Waals surface area contributed by atoms with Crippen LogP contribution in [-0.2, 0) is 12.8 Å². The van der Waals surface area contributed by atoms with E-state index in [-0.39, 0.29) is 0 Å². The molecule has 3 aromatic rings. The summed E-state index contributed by atoms with van der Waals surface area (Å²) in [5.74, 6) is 1.40. The van der Waals surface area contributed by atoms with E-state index in [0.717, 1.165) is 41.5 Å². The number of hydrogen-bond donors (Lipinski definition) is 1. The summed E-state index contributed by atoms with van der Waals surface area (Å²) in [5, 5.41) is 5.32. The molecule has 0 unspecified atom stereocenters. The van der Waals surface area contributed by atoms with Gasteiger partial charge >= 0.3 is 0 Å². The van der Waals surface area contributed by atoms with Crippen LogP contribution in [0.1, 0.15) is 17.7 Å². The average Bonchev–Trinajstić information content (AvgIpc) is 3.10. The lowest BCUT2D eigenvalue weighted by molar-refractivity contribution is 0.355. The second-order valence-corrected chi connectivity index (χ2v) is 6.56. The molecular formula is C20H19ClN2O2. The number of hydrogen-bond acceptors (Lipinski definition) is 4.